The molecule has 0 saturated heterocycles. The quantitative estimate of drug-likeness (QED) is 0.865. The molecule has 2 rings (SSSR count). The monoisotopic (exact) mass is 273 g/mol. The van der Waals surface area contributed by atoms with Crippen molar-refractivity contribution in [3.8, 4) is 0 Å². The summed E-state index contributed by atoms with van der Waals surface area (Å²) in [6.07, 6.45) is 3.44. The molecule has 2 aromatic rings. The van der Waals surface area contributed by atoms with Gasteiger partial charge in [0.25, 0.3) is 5.91 Å². The van der Waals surface area contributed by atoms with Crippen molar-refractivity contribution in [2.45, 2.75) is 20.4 Å². The standard InChI is InChI=1S/C14H19N5O/c1-4-15-13-7-10(2)16-9-12(13)14(20)17-8-11-5-6-19(3)18-11/h5-7,9H,4,8H2,1-3H3,(H,15,16)(H,17,20). The maximum absolute atomic E-state index is 12.2. The average Bonchev–Trinajstić information content (AvgIpc) is 2.82. The minimum atomic E-state index is -0.154. The highest BCUT2D eigenvalue weighted by atomic mass is 16.1. The maximum atomic E-state index is 12.2. The summed E-state index contributed by atoms with van der Waals surface area (Å²) in [5.41, 5.74) is 3.06. The van der Waals surface area contributed by atoms with Crippen molar-refractivity contribution in [3.05, 3.63) is 41.5 Å². The SMILES string of the molecule is CCNc1cc(C)ncc1C(=O)NCc1ccn(C)n1. The molecule has 0 fully saturated rings. The van der Waals surface area contributed by atoms with Gasteiger partial charge >= 0.3 is 0 Å². The average molecular weight is 273 g/mol. The summed E-state index contributed by atoms with van der Waals surface area (Å²) in [5, 5.41) is 10.3. The van der Waals surface area contributed by atoms with E-state index in [4.69, 9.17) is 0 Å². The molecule has 0 aliphatic heterocycles. The molecule has 0 bridgehead atoms. The smallest absolute Gasteiger partial charge is 0.255 e. The van der Waals surface area contributed by atoms with Crippen molar-refractivity contribution in [2.75, 3.05) is 11.9 Å². The van der Waals surface area contributed by atoms with Crippen LogP contribution in [0.1, 0.15) is 28.7 Å². The third-order valence-corrected chi connectivity index (χ3v) is 2.85. The van der Waals surface area contributed by atoms with E-state index in [9.17, 15) is 4.79 Å². The summed E-state index contributed by atoms with van der Waals surface area (Å²) in [4.78, 5) is 16.4. The number of carbonyl (C=O) groups is 1. The van der Waals surface area contributed by atoms with Crippen molar-refractivity contribution < 1.29 is 4.79 Å². The van der Waals surface area contributed by atoms with Crippen molar-refractivity contribution >= 4 is 11.6 Å². The number of nitrogens with one attached hydrogen (secondary N) is 2. The third-order valence-electron chi connectivity index (χ3n) is 2.85. The molecular formula is C14H19N5O. The van der Waals surface area contributed by atoms with E-state index in [1.54, 1.807) is 10.9 Å². The summed E-state index contributed by atoms with van der Waals surface area (Å²) in [6, 6.07) is 3.75. The first-order valence-electron chi connectivity index (χ1n) is 6.57. The zero-order valence-corrected chi connectivity index (χ0v) is 12.0. The summed E-state index contributed by atoms with van der Waals surface area (Å²) in [7, 11) is 1.85. The lowest BCUT2D eigenvalue weighted by atomic mass is 10.2. The number of hydrogen-bond acceptors (Lipinski definition) is 4. The van der Waals surface area contributed by atoms with Crippen LogP contribution in [-0.2, 0) is 13.6 Å². The highest BCUT2D eigenvalue weighted by molar-refractivity contribution is 5.99. The topological polar surface area (TPSA) is 71.8 Å². The molecule has 2 aromatic heterocycles. The Bertz CT molecular complexity index is 605. The second-order valence-electron chi connectivity index (χ2n) is 4.57. The van der Waals surface area contributed by atoms with E-state index in [0.717, 1.165) is 23.6 Å². The number of nitrogens with zero attached hydrogens (tertiary/aromatic N) is 3. The molecule has 2 N–H and O–H groups in total. The maximum Gasteiger partial charge on any atom is 0.255 e. The Labute approximate surface area is 118 Å². The van der Waals surface area contributed by atoms with Crippen LogP contribution in [0, 0.1) is 6.92 Å². The molecular weight excluding hydrogens is 254 g/mol. The highest BCUT2D eigenvalue weighted by Crippen LogP contribution is 2.15. The van der Waals surface area contributed by atoms with Crippen molar-refractivity contribution in [1.29, 1.82) is 0 Å². The Hall–Kier alpha value is -2.37. The lowest BCUT2D eigenvalue weighted by Crippen LogP contribution is -2.24. The largest absolute Gasteiger partial charge is 0.385 e. The lowest BCUT2D eigenvalue weighted by Gasteiger charge is -2.11. The first-order valence-corrected chi connectivity index (χ1v) is 6.57. The van der Waals surface area contributed by atoms with Gasteiger partial charge in [-0.15, -0.1) is 0 Å². The van der Waals surface area contributed by atoms with E-state index < -0.39 is 0 Å². The Morgan fingerprint density at radius 1 is 1.45 bits per heavy atom. The van der Waals surface area contributed by atoms with E-state index in [1.807, 2.05) is 39.2 Å². The molecule has 0 unspecified atom stereocenters. The van der Waals surface area contributed by atoms with Crippen LogP contribution in [0.4, 0.5) is 5.69 Å². The predicted octanol–water partition coefficient (Wildman–Crippen LogP) is 1.49. The van der Waals surface area contributed by atoms with Crippen molar-refractivity contribution in [1.82, 2.24) is 20.1 Å². The van der Waals surface area contributed by atoms with E-state index in [-0.39, 0.29) is 5.91 Å². The van der Waals surface area contributed by atoms with Crippen molar-refractivity contribution in [3.63, 3.8) is 0 Å². The van der Waals surface area contributed by atoms with E-state index in [2.05, 4.69) is 20.7 Å². The van der Waals surface area contributed by atoms with Gasteiger partial charge in [-0.2, -0.15) is 5.10 Å². The number of rotatable bonds is 5. The fraction of sp³-hybridized carbons (Fsp3) is 0.357. The van der Waals surface area contributed by atoms with Gasteiger partial charge in [-0.1, -0.05) is 0 Å². The number of hydrogen-bond donors (Lipinski definition) is 2. The summed E-state index contributed by atoms with van der Waals surface area (Å²) in [6.45, 7) is 5.05. The molecule has 0 radical (unpaired) electrons. The van der Waals surface area contributed by atoms with Crippen molar-refractivity contribution in [2.24, 2.45) is 7.05 Å². The van der Waals surface area contributed by atoms with Crippen LogP contribution in [0.2, 0.25) is 0 Å². The Morgan fingerprint density at radius 3 is 2.90 bits per heavy atom. The van der Waals surface area contributed by atoms with Crippen LogP contribution in [0.25, 0.3) is 0 Å². The van der Waals surface area contributed by atoms with Crippen LogP contribution in [0.5, 0.6) is 0 Å². The molecule has 0 spiro atoms. The highest BCUT2D eigenvalue weighted by Gasteiger charge is 2.12. The minimum absolute atomic E-state index is 0.154. The lowest BCUT2D eigenvalue weighted by molar-refractivity contribution is 0.0951. The number of aryl methyl sites for hydroxylation is 2. The summed E-state index contributed by atoms with van der Waals surface area (Å²) >= 11 is 0. The Balaban J connectivity index is 2.08. The molecule has 0 aliphatic carbocycles. The van der Waals surface area contributed by atoms with E-state index in [0.29, 0.717) is 12.1 Å². The number of pyridine rings is 1. The fourth-order valence-corrected chi connectivity index (χ4v) is 1.90. The normalized spacial score (nSPS) is 10.3. The fourth-order valence-electron chi connectivity index (χ4n) is 1.90. The molecule has 0 atom stereocenters. The van der Waals surface area contributed by atoms with E-state index in [1.165, 1.54) is 0 Å². The second kappa shape index (κ2) is 6.18. The second-order valence-corrected chi connectivity index (χ2v) is 4.57. The summed E-state index contributed by atoms with van der Waals surface area (Å²) in [5.74, 6) is -0.154. The molecule has 1 amide bonds. The zero-order chi connectivity index (χ0) is 14.5. The van der Waals surface area contributed by atoms with E-state index >= 15 is 0 Å². The minimum Gasteiger partial charge on any atom is -0.385 e. The first-order chi connectivity index (χ1) is 9.60. The molecule has 0 aliphatic rings. The van der Waals surface area contributed by atoms with Gasteiger partial charge in [0.15, 0.2) is 0 Å². The van der Waals surface area contributed by atoms with Crippen LogP contribution in [0.3, 0.4) is 0 Å². The van der Waals surface area contributed by atoms with Gasteiger partial charge in [-0.05, 0) is 26.0 Å². The molecule has 6 nitrogen and oxygen atoms in total. The van der Waals surface area contributed by atoms with Gasteiger partial charge < -0.3 is 10.6 Å². The molecule has 20 heavy (non-hydrogen) atoms. The molecule has 0 saturated carbocycles. The van der Waals surface area contributed by atoms with Gasteiger partial charge in [0, 0.05) is 31.7 Å². The number of aromatic nitrogens is 3. The molecule has 106 valence electrons. The van der Waals surface area contributed by atoms with Gasteiger partial charge in [0.1, 0.15) is 0 Å². The third kappa shape index (κ3) is 3.34. The molecule has 2 heterocycles. The zero-order valence-electron chi connectivity index (χ0n) is 12.0. The predicted molar refractivity (Wildman–Crippen MR) is 77.5 cm³/mol. The van der Waals surface area contributed by atoms with Crippen LogP contribution >= 0.6 is 0 Å². The Kier molecular flexibility index (Phi) is 4.34. The van der Waals surface area contributed by atoms with Gasteiger partial charge in [0.2, 0.25) is 0 Å². The summed E-state index contributed by atoms with van der Waals surface area (Å²) < 4.78 is 1.71. The van der Waals surface area contributed by atoms with Gasteiger partial charge in [-0.25, -0.2) is 0 Å². The van der Waals surface area contributed by atoms with Crippen LogP contribution in [-0.4, -0.2) is 27.2 Å². The Morgan fingerprint density at radius 2 is 2.25 bits per heavy atom. The number of carbonyl (C=O) groups excluding carboxylic acids is 1. The van der Waals surface area contributed by atoms with Gasteiger partial charge in [0.05, 0.1) is 23.5 Å². The molecule has 0 aromatic carbocycles. The van der Waals surface area contributed by atoms with Gasteiger partial charge in [-0.3, -0.25) is 14.5 Å². The number of anilines is 1. The molecule has 6 heteroatoms. The number of amides is 1. The first kappa shape index (κ1) is 14.0. The van der Waals surface area contributed by atoms with Crippen LogP contribution in [0.15, 0.2) is 24.5 Å². The van der Waals surface area contributed by atoms with Crippen LogP contribution < -0.4 is 10.6 Å².